The Morgan fingerprint density at radius 2 is 2.16 bits per heavy atom. The molecule has 0 aliphatic carbocycles. The van der Waals surface area contributed by atoms with Crippen molar-refractivity contribution in [3.05, 3.63) is 40.7 Å². The number of aliphatic hydroxyl groups is 2. The van der Waals surface area contributed by atoms with Crippen molar-refractivity contribution in [3.63, 3.8) is 0 Å². The molecule has 0 saturated carbocycles. The van der Waals surface area contributed by atoms with Crippen molar-refractivity contribution in [2.24, 2.45) is 5.92 Å². The van der Waals surface area contributed by atoms with Gasteiger partial charge >= 0.3 is 0 Å². The van der Waals surface area contributed by atoms with Gasteiger partial charge in [0.05, 0.1) is 42.1 Å². The number of fused-ring (bicyclic) bond motifs is 1. The molecule has 3 atom stereocenters. The minimum Gasteiger partial charge on any atom is -0.543 e. The number of carbonyl (C=O) groups is 2. The van der Waals surface area contributed by atoms with Gasteiger partial charge in [-0.05, 0) is 12.5 Å². The third kappa shape index (κ3) is 3.29. The number of amides is 1. The zero-order chi connectivity index (χ0) is 18.1. The van der Waals surface area contributed by atoms with Crippen LogP contribution in [0.15, 0.2) is 35.1 Å². The predicted molar refractivity (Wildman–Crippen MR) is 87.5 cm³/mol. The zero-order valence-electron chi connectivity index (χ0n) is 13.8. The van der Waals surface area contributed by atoms with Gasteiger partial charge in [-0.3, -0.25) is 4.79 Å². The van der Waals surface area contributed by atoms with E-state index >= 15 is 0 Å². The molecule has 0 bridgehead atoms. The quantitative estimate of drug-likeness (QED) is 0.464. The van der Waals surface area contributed by atoms with Gasteiger partial charge in [-0.2, -0.15) is 0 Å². The van der Waals surface area contributed by atoms with Crippen LogP contribution in [0.5, 0.6) is 0 Å². The molecule has 1 amide bonds. The number of hydrogen-bond donors (Lipinski definition) is 2. The SMILES string of the molecule is C[C@@H](O)[C@H]1C(=O)N2C(C(=O)[O-])=C(SCC[n+]3ccc(CO)cc3)C[C@H]12. The number of aliphatic hydroxyl groups excluding tert-OH is 2. The average Bonchev–Trinajstić information content (AvgIpc) is 2.89. The number of thioether (sulfide) groups is 1. The average molecular weight is 364 g/mol. The van der Waals surface area contributed by atoms with Crippen LogP contribution in [0.1, 0.15) is 18.9 Å². The van der Waals surface area contributed by atoms with E-state index in [0.29, 0.717) is 23.6 Å². The van der Waals surface area contributed by atoms with Gasteiger partial charge in [-0.15, -0.1) is 11.8 Å². The summed E-state index contributed by atoms with van der Waals surface area (Å²) in [6.45, 7) is 2.21. The Morgan fingerprint density at radius 3 is 2.72 bits per heavy atom. The fraction of sp³-hybridized carbons (Fsp3) is 0.471. The molecule has 2 aliphatic heterocycles. The Morgan fingerprint density at radius 1 is 1.48 bits per heavy atom. The zero-order valence-corrected chi connectivity index (χ0v) is 14.6. The molecule has 7 nitrogen and oxygen atoms in total. The number of hydrogen-bond acceptors (Lipinski definition) is 6. The summed E-state index contributed by atoms with van der Waals surface area (Å²) in [5.41, 5.74) is 0.784. The maximum absolute atomic E-state index is 12.1. The lowest BCUT2D eigenvalue weighted by molar-refractivity contribution is -0.692. The molecule has 25 heavy (non-hydrogen) atoms. The minimum absolute atomic E-state index is 0.00680. The standard InChI is InChI=1S/C17H20N2O5S/c1-10(21)14-12-8-13(15(17(23)24)19(12)16(14)22)25-7-6-18-4-2-11(9-20)3-5-18/h2-5,10,12,14,20-21H,6-9H2,1H3/t10-,12-,14-/m1/s1. The van der Waals surface area contributed by atoms with Crippen molar-refractivity contribution in [2.45, 2.75) is 38.6 Å². The third-order valence-corrected chi connectivity index (χ3v) is 5.75. The predicted octanol–water partition coefficient (Wildman–Crippen LogP) is -1.23. The number of carboxylic acid groups (broad SMARTS) is 1. The van der Waals surface area contributed by atoms with Gasteiger partial charge in [0.2, 0.25) is 5.91 Å². The van der Waals surface area contributed by atoms with Crippen LogP contribution in [-0.4, -0.2) is 44.9 Å². The van der Waals surface area contributed by atoms with E-state index in [0.717, 1.165) is 5.56 Å². The summed E-state index contributed by atoms with van der Waals surface area (Å²) < 4.78 is 1.94. The third-order valence-electron chi connectivity index (χ3n) is 4.65. The van der Waals surface area contributed by atoms with Gasteiger partial charge in [0.25, 0.3) is 0 Å². The number of nitrogens with zero attached hydrogens (tertiary/aromatic N) is 2. The summed E-state index contributed by atoms with van der Waals surface area (Å²) in [5, 5.41) is 30.2. The highest BCUT2D eigenvalue weighted by Crippen LogP contribution is 2.46. The molecule has 1 aromatic rings. The van der Waals surface area contributed by atoms with Gasteiger partial charge in [-0.25, -0.2) is 4.57 Å². The molecule has 0 radical (unpaired) electrons. The first-order chi connectivity index (χ1) is 11.9. The van der Waals surface area contributed by atoms with Gasteiger partial charge in [-0.1, -0.05) is 0 Å². The van der Waals surface area contributed by atoms with Crippen molar-refractivity contribution < 1.29 is 29.5 Å². The fourth-order valence-corrected chi connectivity index (χ4v) is 4.52. The Balaban J connectivity index is 1.65. The monoisotopic (exact) mass is 364 g/mol. The fourth-order valence-electron chi connectivity index (χ4n) is 3.37. The van der Waals surface area contributed by atoms with E-state index in [2.05, 4.69) is 0 Å². The van der Waals surface area contributed by atoms with Crippen molar-refractivity contribution in [3.8, 4) is 0 Å². The van der Waals surface area contributed by atoms with Crippen LogP contribution in [0.25, 0.3) is 0 Å². The van der Waals surface area contributed by atoms with Crippen LogP contribution in [0.3, 0.4) is 0 Å². The van der Waals surface area contributed by atoms with Gasteiger partial charge < -0.3 is 25.0 Å². The Hall–Kier alpha value is -1.90. The summed E-state index contributed by atoms with van der Waals surface area (Å²) >= 11 is 1.40. The van der Waals surface area contributed by atoms with E-state index in [1.165, 1.54) is 16.7 Å². The number of rotatable bonds is 7. The summed E-state index contributed by atoms with van der Waals surface area (Å²) in [6.07, 6.45) is 3.37. The van der Waals surface area contributed by atoms with Crippen molar-refractivity contribution in [1.29, 1.82) is 0 Å². The molecule has 3 heterocycles. The van der Waals surface area contributed by atoms with E-state index in [-0.39, 0.29) is 24.3 Å². The molecule has 8 heteroatoms. The maximum atomic E-state index is 12.1. The lowest BCUT2D eigenvalue weighted by atomic mass is 9.83. The molecule has 2 N–H and O–H groups in total. The number of pyridine rings is 1. The van der Waals surface area contributed by atoms with Gasteiger partial charge in [0, 0.05) is 23.5 Å². The number of aliphatic carboxylic acids is 1. The van der Waals surface area contributed by atoms with E-state index < -0.39 is 18.0 Å². The van der Waals surface area contributed by atoms with Crippen LogP contribution >= 0.6 is 11.8 Å². The van der Waals surface area contributed by atoms with E-state index in [4.69, 9.17) is 5.11 Å². The highest BCUT2D eigenvalue weighted by molar-refractivity contribution is 8.03. The molecule has 0 spiro atoms. The first-order valence-electron chi connectivity index (χ1n) is 8.11. The second-order valence-corrected chi connectivity index (χ2v) is 7.45. The smallest absolute Gasteiger partial charge is 0.235 e. The normalized spacial score (nSPS) is 23.5. The van der Waals surface area contributed by atoms with E-state index in [1.54, 1.807) is 6.92 Å². The molecule has 1 fully saturated rings. The Bertz CT molecular complexity index is 716. The molecule has 3 rings (SSSR count). The number of carbonyl (C=O) groups excluding carboxylic acids is 2. The minimum atomic E-state index is -1.35. The van der Waals surface area contributed by atoms with Crippen molar-refractivity contribution in [1.82, 2.24) is 4.90 Å². The van der Waals surface area contributed by atoms with Crippen LogP contribution in [0.2, 0.25) is 0 Å². The topological polar surface area (TPSA) is 105 Å². The van der Waals surface area contributed by atoms with Crippen LogP contribution < -0.4 is 9.67 Å². The second-order valence-electron chi connectivity index (χ2n) is 6.26. The Labute approximate surface area is 149 Å². The summed E-state index contributed by atoms with van der Waals surface area (Å²) in [7, 11) is 0. The second kappa shape index (κ2) is 7.15. The molecular formula is C17H20N2O5S. The lowest BCUT2D eigenvalue weighted by Crippen LogP contribution is -2.62. The van der Waals surface area contributed by atoms with Crippen LogP contribution in [0.4, 0.5) is 0 Å². The Kier molecular flexibility index (Phi) is 5.12. The summed E-state index contributed by atoms with van der Waals surface area (Å²) in [5.74, 6) is -1.58. The highest BCUT2D eigenvalue weighted by Gasteiger charge is 2.55. The molecule has 0 unspecified atom stereocenters. The van der Waals surface area contributed by atoms with E-state index in [1.807, 2.05) is 29.1 Å². The molecule has 0 aromatic carbocycles. The number of β-lactam (4-membered cyclic amide) rings is 1. The number of carboxylic acids is 1. The van der Waals surface area contributed by atoms with Gasteiger partial charge in [0.15, 0.2) is 18.9 Å². The molecule has 134 valence electrons. The molecule has 2 aliphatic rings. The summed E-state index contributed by atoms with van der Waals surface area (Å²) in [4.78, 5) is 25.5. The molecule has 1 aromatic heterocycles. The maximum Gasteiger partial charge on any atom is 0.235 e. The molecule has 1 saturated heterocycles. The van der Waals surface area contributed by atoms with Gasteiger partial charge in [0.1, 0.15) is 0 Å². The van der Waals surface area contributed by atoms with E-state index in [9.17, 15) is 19.8 Å². The van der Waals surface area contributed by atoms with Crippen LogP contribution in [0, 0.1) is 5.92 Å². The number of aryl methyl sites for hydroxylation is 1. The molecular weight excluding hydrogens is 344 g/mol. The largest absolute Gasteiger partial charge is 0.543 e. The number of aromatic nitrogens is 1. The first-order valence-corrected chi connectivity index (χ1v) is 9.10. The first kappa shape index (κ1) is 17.9. The van der Waals surface area contributed by atoms with Crippen LogP contribution in [-0.2, 0) is 22.7 Å². The van der Waals surface area contributed by atoms with Crippen molar-refractivity contribution >= 4 is 23.6 Å². The highest BCUT2D eigenvalue weighted by atomic mass is 32.2. The van der Waals surface area contributed by atoms with Crippen molar-refractivity contribution in [2.75, 3.05) is 5.75 Å². The lowest BCUT2D eigenvalue weighted by Gasteiger charge is -2.45. The summed E-state index contributed by atoms with van der Waals surface area (Å²) in [6, 6.07) is 3.37.